The molecule has 0 bridgehead atoms. The van der Waals surface area contributed by atoms with Crippen LogP contribution in [0.4, 0.5) is 5.88 Å². The summed E-state index contributed by atoms with van der Waals surface area (Å²) in [6.07, 6.45) is 0.134. The van der Waals surface area contributed by atoms with E-state index < -0.39 is 0 Å². The van der Waals surface area contributed by atoms with Gasteiger partial charge >= 0.3 is 0 Å². The molecule has 0 saturated carbocycles. The van der Waals surface area contributed by atoms with Crippen molar-refractivity contribution >= 4 is 11.8 Å². The van der Waals surface area contributed by atoms with Gasteiger partial charge < -0.3 is 14.6 Å². The molecule has 2 rings (SSSR count). The van der Waals surface area contributed by atoms with Crippen molar-refractivity contribution in [1.82, 2.24) is 15.4 Å². The van der Waals surface area contributed by atoms with Crippen molar-refractivity contribution in [3.63, 3.8) is 0 Å². The first-order valence-corrected chi connectivity index (χ1v) is 7.32. The van der Waals surface area contributed by atoms with Crippen molar-refractivity contribution in [3.05, 3.63) is 11.8 Å². The molecule has 0 radical (unpaired) electrons. The Kier molecular flexibility index (Phi) is 5.72. The summed E-state index contributed by atoms with van der Waals surface area (Å²) in [5.74, 6) is 0.554. The van der Waals surface area contributed by atoms with Gasteiger partial charge in [-0.15, -0.1) is 0 Å². The lowest BCUT2D eigenvalue weighted by atomic mass is 10.1. The van der Waals surface area contributed by atoms with Crippen molar-refractivity contribution in [2.45, 2.75) is 25.9 Å². The molecule has 1 aromatic rings. The molecule has 1 aliphatic rings. The minimum absolute atomic E-state index is 0.118. The van der Waals surface area contributed by atoms with Crippen LogP contribution in [0.5, 0.6) is 0 Å². The van der Waals surface area contributed by atoms with Gasteiger partial charge in [0.1, 0.15) is 0 Å². The topological polar surface area (TPSA) is 79.6 Å². The number of morpholine rings is 1. The lowest BCUT2D eigenvalue weighted by Gasteiger charge is -2.27. The normalized spacial score (nSPS) is 19.2. The van der Waals surface area contributed by atoms with E-state index in [2.05, 4.69) is 15.8 Å². The predicted octanol–water partition coefficient (Wildman–Crippen LogP) is 0.657. The van der Waals surface area contributed by atoms with Crippen LogP contribution in [0.2, 0.25) is 0 Å². The van der Waals surface area contributed by atoms with Crippen LogP contribution in [-0.4, -0.2) is 61.9 Å². The molecule has 1 amide bonds. The molecular formula is C14H24N4O3. The number of carbonyl (C=O) groups is 1. The van der Waals surface area contributed by atoms with Gasteiger partial charge in [-0.1, -0.05) is 19.0 Å². The Morgan fingerprint density at radius 2 is 2.43 bits per heavy atom. The van der Waals surface area contributed by atoms with E-state index in [-0.39, 0.29) is 24.5 Å². The lowest BCUT2D eigenvalue weighted by molar-refractivity contribution is -0.117. The number of hydrogen-bond acceptors (Lipinski definition) is 6. The van der Waals surface area contributed by atoms with Crippen molar-refractivity contribution < 1.29 is 14.1 Å². The number of anilines is 1. The molecule has 7 heteroatoms. The predicted molar refractivity (Wildman–Crippen MR) is 79.3 cm³/mol. The van der Waals surface area contributed by atoms with E-state index in [1.807, 2.05) is 25.8 Å². The van der Waals surface area contributed by atoms with Crippen LogP contribution < -0.4 is 10.6 Å². The Balaban J connectivity index is 1.74. The fourth-order valence-electron chi connectivity index (χ4n) is 2.19. The largest absolute Gasteiger partial charge is 0.374 e. The Morgan fingerprint density at radius 1 is 1.62 bits per heavy atom. The number of nitrogens with zero attached hydrogens (tertiary/aromatic N) is 2. The van der Waals surface area contributed by atoms with Crippen LogP contribution in [0.1, 0.15) is 25.5 Å². The minimum Gasteiger partial charge on any atom is -0.374 e. The zero-order chi connectivity index (χ0) is 15.2. The molecule has 1 fully saturated rings. The minimum atomic E-state index is -0.118. The second-order valence-corrected chi connectivity index (χ2v) is 5.71. The number of hydrogen-bond donors (Lipinski definition) is 2. The van der Waals surface area contributed by atoms with E-state index in [1.54, 1.807) is 6.07 Å². The van der Waals surface area contributed by atoms with E-state index in [0.29, 0.717) is 12.4 Å². The van der Waals surface area contributed by atoms with Crippen LogP contribution in [0.25, 0.3) is 0 Å². The first kappa shape index (κ1) is 15.9. The van der Waals surface area contributed by atoms with Gasteiger partial charge in [0, 0.05) is 25.7 Å². The van der Waals surface area contributed by atoms with E-state index in [1.165, 1.54) is 0 Å². The molecule has 118 valence electrons. The first-order valence-electron chi connectivity index (χ1n) is 7.32. The van der Waals surface area contributed by atoms with E-state index >= 15 is 0 Å². The monoisotopic (exact) mass is 296 g/mol. The van der Waals surface area contributed by atoms with Gasteiger partial charge in [0.25, 0.3) is 0 Å². The molecule has 1 unspecified atom stereocenters. The summed E-state index contributed by atoms with van der Waals surface area (Å²) in [6, 6.07) is 1.76. The van der Waals surface area contributed by atoms with Crippen LogP contribution in [0, 0.1) is 0 Å². The maximum absolute atomic E-state index is 11.9. The molecule has 0 aliphatic carbocycles. The second-order valence-electron chi connectivity index (χ2n) is 5.71. The molecule has 2 heterocycles. The highest BCUT2D eigenvalue weighted by Gasteiger charge is 2.17. The van der Waals surface area contributed by atoms with Gasteiger partial charge in [-0.2, -0.15) is 0 Å². The Labute approximate surface area is 125 Å². The van der Waals surface area contributed by atoms with Crippen molar-refractivity contribution in [2.24, 2.45) is 0 Å². The Hall–Kier alpha value is -1.44. The van der Waals surface area contributed by atoms with Crippen molar-refractivity contribution in [3.8, 4) is 0 Å². The zero-order valence-corrected chi connectivity index (χ0v) is 12.9. The van der Waals surface area contributed by atoms with Crippen molar-refractivity contribution in [2.75, 3.05) is 45.2 Å². The quantitative estimate of drug-likeness (QED) is 0.802. The number of aromatic nitrogens is 1. The molecule has 7 nitrogen and oxygen atoms in total. The summed E-state index contributed by atoms with van der Waals surface area (Å²) in [4.78, 5) is 13.9. The highest BCUT2D eigenvalue weighted by atomic mass is 16.5. The first-order chi connectivity index (χ1) is 10.0. The van der Waals surface area contributed by atoms with Crippen molar-refractivity contribution in [1.29, 1.82) is 0 Å². The third-order valence-corrected chi connectivity index (χ3v) is 3.32. The number of rotatable bonds is 6. The van der Waals surface area contributed by atoms with Gasteiger partial charge in [-0.3, -0.25) is 15.0 Å². The van der Waals surface area contributed by atoms with Crippen LogP contribution >= 0.6 is 0 Å². The summed E-state index contributed by atoms with van der Waals surface area (Å²) in [5.41, 5.74) is 0.834. The van der Waals surface area contributed by atoms with E-state index in [9.17, 15) is 4.79 Å². The molecule has 21 heavy (non-hydrogen) atoms. The molecule has 0 aromatic carbocycles. The molecule has 0 spiro atoms. The van der Waals surface area contributed by atoms with Gasteiger partial charge in [-0.05, 0) is 13.0 Å². The molecule has 1 saturated heterocycles. The summed E-state index contributed by atoms with van der Waals surface area (Å²) < 4.78 is 10.7. The maximum atomic E-state index is 11.9. The fraction of sp³-hybridized carbons (Fsp3) is 0.714. The number of carbonyl (C=O) groups excluding carboxylic acids is 1. The Morgan fingerprint density at radius 3 is 3.05 bits per heavy atom. The maximum Gasteiger partial charge on any atom is 0.240 e. The number of ether oxygens (including phenoxy) is 1. The van der Waals surface area contributed by atoms with Gasteiger partial charge in [0.05, 0.1) is 24.9 Å². The molecular weight excluding hydrogens is 272 g/mol. The summed E-state index contributed by atoms with van der Waals surface area (Å²) in [5, 5.41) is 9.90. The van der Waals surface area contributed by atoms with E-state index in [0.717, 1.165) is 25.4 Å². The summed E-state index contributed by atoms with van der Waals surface area (Å²) in [7, 11) is 1.90. The van der Waals surface area contributed by atoms with Crippen LogP contribution in [-0.2, 0) is 9.53 Å². The van der Waals surface area contributed by atoms with Crippen LogP contribution in [0.3, 0.4) is 0 Å². The third kappa shape index (κ3) is 5.11. The lowest BCUT2D eigenvalue weighted by Crippen LogP contribution is -2.45. The smallest absolute Gasteiger partial charge is 0.240 e. The van der Waals surface area contributed by atoms with E-state index in [4.69, 9.17) is 9.26 Å². The van der Waals surface area contributed by atoms with Gasteiger partial charge in [0.2, 0.25) is 11.8 Å². The highest BCUT2D eigenvalue weighted by Crippen LogP contribution is 2.17. The zero-order valence-electron chi connectivity index (χ0n) is 12.9. The number of nitrogens with one attached hydrogen (secondary N) is 2. The number of amides is 1. The van der Waals surface area contributed by atoms with Gasteiger partial charge in [-0.25, -0.2) is 0 Å². The van der Waals surface area contributed by atoms with Gasteiger partial charge in [0.15, 0.2) is 0 Å². The molecule has 2 N–H and O–H groups in total. The molecule has 1 atom stereocenters. The third-order valence-electron chi connectivity index (χ3n) is 3.32. The average Bonchev–Trinajstić information content (AvgIpc) is 2.88. The fourth-order valence-corrected chi connectivity index (χ4v) is 2.19. The Bertz CT molecular complexity index is 455. The second kappa shape index (κ2) is 7.53. The number of likely N-dealkylation sites (N-methyl/N-ethyl adjacent to an activating group) is 1. The molecule has 1 aromatic heterocycles. The standard InChI is InChI=1S/C14H24N4O3/c1-10(2)12-6-14(21-17-12)16-13(19)9-18(3)8-11-7-15-4-5-20-11/h6,10-11,15H,4-5,7-9H2,1-3H3,(H,16,19). The average molecular weight is 296 g/mol. The molecule has 1 aliphatic heterocycles. The summed E-state index contributed by atoms with van der Waals surface area (Å²) in [6.45, 7) is 7.49. The highest BCUT2D eigenvalue weighted by molar-refractivity contribution is 5.90. The summed E-state index contributed by atoms with van der Waals surface area (Å²) >= 11 is 0. The SMILES string of the molecule is CC(C)c1cc(NC(=O)CN(C)CC2CNCCO2)on1. The van der Waals surface area contributed by atoms with Crippen LogP contribution in [0.15, 0.2) is 10.6 Å².